The highest BCUT2D eigenvalue weighted by atomic mass is 35.5. The van der Waals surface area contributed by atoms with Crippen molar-refractivity contribution in [2.45, 2.75) is 46.1 Å². The van der Waals surface area contributed by atoms with Crippen molar-refractivity contribution < 1.29 is 0 Å². The van der Waals surface area contributed by atoms with Crippen molar-refractivity contribution in [1.29, 1.82) is 0 Å². The van der Waals surface area contributed by atoms with Crippen molar-refractivity contribution in [3.8, 4) is 5.69 Å². The molecule has 3 nitrogen and oxygen atoms in total. The molecular formula is C17H24ClN3. The molecule has 1 aromatic heterocycles. The Labute approximate surface area is 132 Å². The normalized spacial score (nSPS) is 12.6. The minimum absolute atomic E-state index is 0.314. The maximum Gasteiger partial charge on any atom is 0.113 e. The van der Waals surface area contributed by atoms with E-state index in [2.05, 4.69) is 53.8 Å². The molecule has 2 aromatic rings. The Morgan fingerprint density at radius 2 is 2.10 bits per heavy atom. The summed E-state index contributed by atoms with van der Waals surface area (Å²) in [5.74, 6) is 1.06. The molecule has 21 heavy (non-hydrogen) atoms. The zero-order valence-electron chi connectivity index (χ0n) is 13.1. The van der Waals surface area contributed by atoms with Crippen LogP contribution in [0.4, 0.5) is 0 Å². The third-order valence-corrected chi connectivity index (χ3v) is 3.93. The lowest BCUT2D eigenvalue weighted by Gasteiger charge is -2.16. The highest BCUT2D eigenvalue weighted by molar-refractivity contribution is 6.32. The number of nitrogens with zero attached hydrogens (tertiary/aromatic N) is 2. The molecular weight excluding hydrogens is 282 g/mol. The molecule has 0 bridgehead atoms. The standard InChI is InChI=1S/C17H24ClN3/c1-4-6-17-20-10-11-21(17)16-8-7-14(12-15(16)18)13(3)19-9-5-2/h7-8,10-13,19H,4-6,9H2,1-3H3. The first-order valence-corrected chi connectivity index (χ1v) is 8.10. The maximum atomic E-state index is 6.49. The Morgan fingerprint density at radius 1 is 1.29 bits per heavy atom. The first-order chi connectivity index (χ1) is 10.2. The first kappa shape index (κ1) is 16.1. The van der Waals surface area contributed by atoms with Gasteiger partial charge in [-0.15, -0.1) is 0 Å². The van der Waals surface area contributed by atoms with Crippen LogP contribution >= 0.6 is 11.6 Å². The summed E-state index contributed by atoms with van der Waals surface area (Å²) in [4.78, 5) is 4.41. The Balaban J connectivity index is 2.24. The van der Waals surface area contributed by atoms with E-state index in [1.165, 1.54) is 5.56 Å². The zero-order chi connectivity index (χ0) is 15.2. The second kappa shape index (κ2) is 7.62. The number of aromatic nitrogens is 2. The van der Waals surface area contributed by atoms with Crippen LogP contribution in [0.3, 0.4) is 0 Å². The van der Waals surface area contributed by atoms with Crippen molar-refractivity contribution >= 4 is 11.6 Å². The number of rotatable bonds is 7. The van der Waals surface area contributed by atoms with Gasteiger partial charge in [0.1, 0.15) is 5.82 Å². The molecule has 0 radical (unpaired) electrons. The summed E-state index contributed by atoms with van der Waals surface area (Å²) in [6, 6.07) is 6.60. The molecule has 0 aliphatic rings. The van der Waals surface area contributed by atoms with E-state index in [0.29, 0.717) is 6.04 Å². The molecule has 1 unspecified atom stereocenters. The number of imidazole rings is 1. The van der Waals surface area contributed by atoms with Crippen LogP contribution in [-0.4, -0.2) is 16.1 Å². The third kappa shape index (κ3) is 3.86. The molecule has 1 N–H and O–H groups in total. The average molecular weight is 306 g/mol. The molecule has 0 amide bonds. The van der Waals surface area contributed by atoms with E-state index < -0.39 is 0 Å². The monoisotopic (exact) mass is 305 g/mol. The smallest absolute Gasteiger partial charge is 0.113 e. The Hall–Kier alpha value is -1.32. The SMILES string of the molecule is CCCNC(C)c1ccc(-n2ccnc2CCC)c(Cl)c1. The van der Waals surface area contributed by atoms with Crippen LogP contribution < -0.4 is 5.32 Å². The van der Waals surface area contributed by atoms with E-state index in [1.807, 2.05) is 12.4 Å². The highest BCUT2D eigenvalue weighted by Crippen LogP contribution is 2.26. The van der Waals surface area contributed by atoms with Gasteiger partial charge in [-0.05, 0) is 44.0 Å². The van der Waals surface area contributed by atoms with Crippen LogP contribution in [0, 0.1) is 0 Å². The fraction of sp³-hybridized carbons (Fsp3) is 0.471. The van der Waals surface area contributed by atoms with E-state index in [-0.39, 0.29) is 0 Å². The third-order valence-electron chi connectivity index (χ3n) is 3.62. The van der Waals surface area contributed by atoms with Crippen LogP contribution in [0.5, 0.6) is 0 Å². The Bertz CT molecular complexity index is 577. The second-order valence-corrected chi connectivity index (χ2v) is 5.76. The molecule has 0 fully saturated rings. The van der Waals surface area contributed by atoms with Gasteiger partial charge < -0.3 is 9.88 Å². The Morgan fingerprint density at radius 3 is 2.76 bits per heavy atom. The average Bonchev–Trinajstić information content (AvgIpc) is 2.93. The van der Waals surface area contributed by atoms with Gasteiger partial charge in [-0.25, -0.2) is 4.98 Å². The lowest BCUT2D eigenvalue weighted by atomic mass is 10.1. The summed E-state index contributed by atoms with van der Waals surface area (Å²) in [6.45, 7) is 7.51. The fourth-order valence-electron chi connectivity index (χ4n) is 2.43. The lowest BCUT2D eigenvalue weighted by Crippen LogP contribution is -2.19. The largest absolute Gasteiger partial charge is 0.310 e. The zero-order valence-corrected chi connectivity index (χ0v) is 13.8. The van der Waals surface area contributed by atoms with Gasteiger partial charge in [-0.1, -0.05) is 31.5 Å². The molecule has 1 atom stereocenters. The fourth-order valence-corrected chi connectivity index (χ4v) is 2.71. The summed E-state index contributed by atoms with van der Waals surface area (Å²) in [5, 5.41) is 4.26. The molecule has 1 aromatic carbocycles. The minimum atomic E-state index is 0.314. The summed E-state index contributed by atoms with van der Waals surface area (Å²) in [7, 11) is 0. The molecule has 0 saturated carbocycles. The summed E-state index contributed by atoms with van der Waals surface area (Å²) in [6.07, 6.45) is 6.97. The number of nitrogens with one attached hydrogen (secondary N) is 1. The number of hydrogen-bond donors (Lipinski definition) is 1. The predicted molar refractivity (Wildman–Crippen MR) is 89.3 cm³/mol. The Kier molecular flexibility index (Phi) is 5.83. The summed E-state index contributed by atoms with van der Waals surface area (Å²) < 4.78 is 2.08. The van der Waals surface area contributed by atoms with E-state index in [1.54, 1.807) is 0 Å². The van der Waals surface area contributed by atoms with Gasteiger partial charge in [-0.3, -0.25) is 0 Å². The molecule has 114 valence electrons. The number of hydrogen-bond acceptors (Lipinski definition) is 2. The number of benzene rings is 1. The van der Waals surface area contributed by atoms with Crippen molar-refractivity contribution in [2.24, 2.45) is 0 Å². The van der Waals surface area contributed by atoms with Crippen LogP contribution in [0.15, 0.2) is 30.6 Å². The number of aryl methyl sites for hydroxylation is 1. The van der Waals surface area contributed by atoms with Crippen molar-refractivity contribution in [3.63, 3.8) is 0 Å². The van der Waals surface area contributed by atoms with Crippen LogP contribution in [0.25, 0.3) is 5.69 Å². The topological polar surface area (TPSA) is 29.9 Å². The second-order valence-electron chi connectivity index (χ2n) is 5.35. The maximum absolute atomic E-state index is 6.49. The minimum Gasteiger partial charge on any atom is -0.310 e. The molecule has 1 heterocycles. The quantitative estimate of drug-likeness (QED) is 0.814. The van der Waals surface area contributed by atoms with E-state index >= 15 is 0 Å². The molecule has 0 spiro atoms. The van der Waals surface area contributed by atoms with E-state index in [0.717, 1.165) is 42.3 Å². The van der Waals surface area contributed by atoms with Crippen LogP contribution in [-0.2, 0) is 6.42 Å². The van der Waals surface area contributed by atoms with Crippen LogP contribution in [0.2, 0.25) is 5.02 Å². The van der Waals surface area contributed by atoms with Gasteiger partial charge in [0, 0.05) is 24.9 Å². The van der Waals surface area contributed by atoms with Crippen LogP contribution in [0.1, 0.15) is 51.0 Å². The number of halogens is 1. The van der Waals surface area contributed by atoms with Gasteiger partial charge in [0.2, 0.25) is 0 Å². The van der Waals surface area contributed by atoms with E-state index in [9.17, 15) is 0 Å². The predicted octanol–water partition coefficient (Wildman–Crippen LogP) is 4.54. The summed E-state index contributed by atoms with van der Waals surface area (Å²) in [5.41, 5.74) is 2.22. The summed E-state index contributed by atoms with van der Waals surface area (Å²) >= 11 is 6.49. The van der Waals surface area contributed by atoms with Crippen molar-refractivity contribution in [3.05, 3.63) is 47.0 Å². The molecule has 4 heteroatoms. The molecule has 0 aliphatic heterocycles. The van der Waals surface area contributed by atoms with Crippen molar-refractivity contribution in [1.82, 2.24) is 14.9 Å². The van der Waals surface area contributed by atoms with Gasteiger partial charge in [0.25, 0.3) is 0 Å². The van der Waals surface area contributed by atoms with E-state index in [4.69, 9.17) is 11.6 Å². The molecule has 0 aliphatic carbocycles. The van der Waals surface area contributed by atoms with Gasteiger partial charge in [0.15, 0.2) is 0 Å². The highest BCUT2D eigenvalue weighted by Gasteiger charge is 2.11. The molecule has 2 rings (SSSR count). The van der Waals surface area contributed by atoms with Gasteiger partial charge in [-0.2, -0.15) is 0 Å². The molecule has 0 saturated heterocycles. The van der Waals surface area contributed by atoms with Gasteiger partial charge >= 0.3 is 0 Å². The van der Waals surface area contributed by atoms with Crippen molar-refractivity contribution in [2.75, 3.05) is 6.54 Å². The van der Waals surface area contributed by atoms with Gasteiger partial charge in [0.05, 0.1) is 10.7 Å². The first-order valence-electron chi connectivity index (χ1n) is 7.72. The lowest BCUT2D eigenvalue weighted by molar-refractivity contribution is 0.570.